The molecule has 7 heteroatoms. The molecule has 0 aliphatic carbocycles. The first-order chi connectivity index (χ1) is 10.1. The van der Waals surface area contributed by atoms with Gasteiger partial charge in [0.1, 0.15) is 11.0 Å². The molecule has 0 radical (unpaired) electrons. The summed E-state index contributed by atoms with van der Waals surface area (Å²) in [7, 11) is -1.76. The van der Waals surface area contributed by atoms with Crippen molar-refractivity contribution in [1.82, 2.24) is 9.55 Å². The largest absolute Gasteiger partial charge is 0.412 e. The van der Waals surface area contributed by atoms with E-state index in [0.717, 1.165) is 18.8 Å². The van der Waals surface area contributed by atoms with E-state index in [9.17, 15) is 4.79 Å². The van der Waals surface area contributed by atoms with Crippen molar-refractivity contribution in [3.05, 3.63) is 21.7 Å². The fraction of sp³-hybridized carbons (Fsp3) is 0.733. The molecular formula is C15H24ClN3O2Si. The molecule has 0 saturated carbocycles. The zero-order chi connectivity index (χ0) is 16.3. The van der Waals surface area contributed by atoms with Gasteiger partial charge in [-0.1, -0.05) is 32.4 Å². The minimum atomic E-state index is -1.76. The van der Waals surface area contributed by atoms with Gasteiger partial charge in [0.15, 0.2) is 8.32 Å². The van der Waals surface area contributed by atoms with Crippen molar-refractivity contribution in [2.45, 2.75) is 64.0 Å². The number of halogens is 1. The van der Waals surface area contributed by atoms with Crippen molar-refractivity contribution >= 4 is 25.7 Å². The first-order valence-corrected chi connectivity index (χ1v) is 11.1. The Balaban J connectivity index is 1.79. The van der Waals surface area contributed by atoms with Crippen LogP contribution in [0, 0.1) is 0 Å². The topological polar surface area (TPSA) is 47.4 Å². The summed E-state index contributed by atoms with van der Waals surface area (Å²) in [5.74, 6) is 0.885. The third-order valence-electron chi connectivity index (χ3n) is 5.29. The van der Waals surface area contributed by atoms with E-state index in [0.29, 0.717) is 12.6 Å². The van der Waals surface area contributed by atoms with Gasteiger partial charge in [0, 0.05) is 19.2 Å². The van der Waals surface area contributed by atoms with Crippen molar-refractivity contribution in [2.24, 2.45) is 0 Å². The van der Waals surface area contributed by atoms with Gasteiger partial charge in [-0.25, -0.2) is 4.79 Å². The molecule has 22 heavy (non-hydrogen) atoms. The molecule has 1 aromatic heterocycles. The Labute approximate surface area is 137 Å². The highest BCUT2D eigenvalue weighted by atomic mass is 35.5. The second-order valence-electron chi connectivity index (χ2n) is 7.87. The molecule has 3 rings (SSSR count). The molecule has 2 atom stereocenters. The maximum atomic E-state index is 11.9. The Kier molecular flexibility index (Phi) is 3.70. The van der Waals surface area contributed by atoms with E-state index in [-0.39, 0.29) is 22.0 Å². The van der Waals surface area contributed by atoms with Gasteiger partial charge in [0.05, 0.1) is 12.1 Å². The summed E-state index contributed by atoms with van der Waals surface area (Å²) in [5.41, 5.74) is -0.251. The number of rotatable bonds is 2. The molecule has 0 aromatic carbocycles. The molecule has 0 spiro atoms. The van der Waals surface area contributed by atoms with Gasteiger partial charge in [-0.05, 0) is 24.6 Å². The van der Waals surface area contributed by atoms with Crippen LogP contribution in [0.25, 0.3) is 0 Å². The van der Waals surface area contributed by atoms with E-state index in [1.807, 2.05) is 0 Å². The van der Waals surface area contributed by atoms with Crippen LogP contribution in [-0.2, 0) is 11.0 Å². The van der Waals surface area contributed by atoms with Crippen LogP contribution in [-0.4, -0.2) is 36.6 Å². The summed E-state index contributed by atoms with van der Waals surface area (Å²) in [5, 5.41) is 0.480. The van der Waals surface area contributed by atoms with Gasteiger partial charge in [-0.3, -0.25) is 4.57 Å². The van der Waals surface area contributed by atoms with Crippen LogP contribution in [0.3, 0.4) is 0 Å². The van der Waals surface area contributed by atoms with Crippen LogP contribution in [0.4, 0.5) is 5.82 Å². The predicted octanol–water partition coefficient (Wildman–Crippen LogP) is 2.88. The van der Waals surface area contributed by atoms with E-state index < -0.39 is 8.32 Å². The number of nitrogens with zero attached hydrogens (tertiary/aromatic N) is 3. The lowest BCUT2D eigenvalue weighted by molar-refractivity contribution is 0.196. The summed E-state index contributed by atoms with van der Waals surface area (Å²) >= 11 is 5.95. The summed E-state index contributed by atoms with van der Waals surface area (Å²) in [6.07, 6.45) is 1.20. The lowest BCUT2D eigenvalue weighted by atomic mass is 10.2. The second-order valence-corrected chi connectivity index (χ2v) is 13.0. The van der Waals surface area contributed by atoms with E-state index in [1.165, 1.54) is 0 Å². The smallest absolute Gasteiger partial charge is 0.350 e. The summed E-state index contributed by atoms with van der Waals surface area (Å²) < 4.78 is 8.26. The normalized spacial score (nSPS) is 24.5. The third kappa shape index (κ3) is 2.61. The molecule has 0 bridgehead atoms. The molecule has 0 amide bonds. The molecule has 1 aromatic rings. The van der Waals surface area contributed by atoms with Crippen LogP contribution in [0.5, 0.6) is 0 Å². The number of aromatic nitrogens is 2. The Hall–Kier alpha value is -0.853. The van der Waals surface area contributed by atoms with Gasteiger partial charge in [-0.2, -0.15) is 4.98 Å². The monoisotopic (exact) mass is 341 g/mol. The van der Waals surface area contributed by atoms with E-state index in [2.05, 4.69) is 43.7 Å². The molecule has 1 unspecified atom stereocenters. The average Bonchev–Trinajstić information content (AvgIpc) is 2.85. The van der Waals surface area contributed by atoms with E-state index in [4.69, 9.17) is 16.0 Å². The summed E-state index contributed by atoms with van der Waals surface area (Å²) in [6, 6.07) is 2.11. The van der Waals surface area contributed by atoms with Crippen molar-refractivity contribution < 1.29 is 4.43 Å². The zero-order valence-electron chi connectivity index (χ0n) is 13.9. The quantitative estimate of drug-likeness (QED) is 0.613. The van der Waals surface area contributed by atoms with Crippen molar-refractivity contribution in [2.75, 3.05) is 11.4 Å². The second kappa shape index (κ2) is 5.08. The molecule has 3 heterocycles. The number of hydrogen-bond donors (Lipinski definition) is 0. The SMILES string of the molecule is CC(C)(C)[Si](C)(C)O[C@@H]1CC2Cn3c(cc(Cl)nc3=O)N2C1. The number of hydrogen-bond acceptors (Lipinski definition) is 4. The van der Waals surface area contributed by atoms with Gasteiger partial charge in [-0.15, -0.1) is 0 Å². The molecule has 1 fully saturated rings. The van der Waals surface area contributed by atoms with E-state index in [1.54, 1.807) is 10.6 Å². The highest BCUT2D eigenvalue weighted by molar-refractivity contribution is 6.74. The van der Waals surface area contributed by atoms with Gasteiger partial charge < -0.3 is 9.33 Å². The van der Waals surface area contributed by atoms with Crippen LogP contribution < -0.4 is 10.6 Å². The lowest BCUT2D eigenvalue weighted by Crippen LogP contribution is -2.44. The van der Waals surface area contributed by atoms with Gasteiger partial charge >= 0.3 is 5.69 Å². The zero-order valence-corrected chi connectivity index (χ0v) is 15.6. The predicted molar refractivity (Wildman–Crippen MR) is 91.3 cm³/mol. The van der Waals surface area contributed by atoms with Gasteiger partial charge in [0.2, 0.25) is 0 Å². The summed E-state index contributed by atoms with van der Waals surface area (Å²) in [4.78, 5) is 18.0. The Morgan fingerprint density at radius 1 is 1.36 bits per heavy atom. The van der Waals surface area contributed by atoms with E-state index >= 15 is 0 Å². The molecule has 2 aliphatic rings. The molecule has 1 saturated heterocycles. The molecular weight excluding hydrogens is 318 g/mol. The maximum Gasteiger partial charge on any atom is 0.350 e. The van der Waals surface area contributed by atoms with Crippen LogP contribution in [0.15, 0.2) is 10.9 Å². The van der Waals surface area contributed by atoms with Crippen LogP contribution in [0.1, 0.15) is 27.2 Å². The molecule has 2 aliphatic heterocycles. The van der Waals surface area contributed by atoms with Crippen molar-refractivity contribution in [3.8, 4) is 0 Å². The maximum absolute atomic E-state index is 11.9. The number of fused-ring (bicyclic) bond motifs is 3. The average molecular weight is 342 g/mol. The standard InChI is InChI=1S/C15H24ClN3O2Si/c1-15(2,3)22(4,5)21-11-6-10-8-19-13(18(10)9-11)7-12(16)17-14(19)20/h7,10-11H,6,8-9H2,1-5H3/t10?,11-/m1/s1. The van der Waals surface area contributed by atoms with Crippen molar-refractivity contribution in [1.29, 1.82) is 0 Å². The highest BCUT2D eigenvalue weighted by Gasteiger charge is 2.45. The molecule has 5 nitrogen and oxygen atoms in total. The summed E-state index contributed by atoms with van der Waals surface area (Å²) in [6.45, 7) is 12.9. The number of anilines is 1. The van der Waals surface area contributed by atoms with Gasteiger partial charge in [0.25, 0.3) is 0 Å². The Bertz CT molecular complexity index is 653. The molecule has 122 valence electrons. The fourth-order valence-electron chi connectivity index (χ4n) is 3.09. The molecule has 0 N–H and O–H groups in total. The minimum Gasteiger partial charge on any atom is -0.412 e. The third-order valence-corrected chi connectivity index (χ3v) is 10.0. The Morgan fingerprint density at radius 3 is 2.68 bits per heavy atom. The Morgan fingerprint density at radius 2 is 2.05 bits per heavy atom. The van der Waals surface area contributed by atoms with Crippen LogP contribution >= 0.6 is 11.6 Å². The highest BCUT2D eigenvalue weighted by Crippen LogP contribution is 2.40. The fourth-order valence-corrected chi connectivity index (χ4v) is 4.62. The van der Waals surface area contributed by atoms with Crippen LogP contribution in [0.2, 0.25) is 23.3 Å². The first-order valence-electron chi connectivity index (χ1n) is 7.80. The first kappa shape index (κ1) is 16.0. The minimum absolute atomic E-state index is 0.210. The lowest BCUT2D eigenvalue weighted by Gasteiger charge is -2.38. The van der Waals surface area contributed by atoms with Crippen molar-refractivity contribution in [3.63, 3.8) is 0 Å².